The summed E-state index contributed by atoms with van der Waals surface area (Å²) in [5, 5.41) is 0. The van der Waals surface area contributed by atoms with Crippen LogP contribution < -0.4 is 4.74 Å². The zero-order chi connectivity index (χ0) is 27.4. The van der Waals surface area contributed by atoms with Gasteiger partial charge in [0.25, 0.3) is 0 Å². The first-order valence-corrected chi connectivity index (χ1v) is 13.4. The molecule has 0 unspecified atom stereocenters. The first kappa shape index (κ1) is 28.5. The average molecular weight is 543 g/mol. The van der Waals surface area contributed by atoms with Crippen molar-refractivity contribution in [1.29, 1.82) is 0 Å². The van der Waals surface area contributed by atoms with E-state index in [0.717, 1.165) is 37.3 Å². The van der Waals surface area contributed by atoms with Gasteiger partial charge < -0.3 is 4.74 Å². The van der Waals surface area contributed by atoms with Crippen LogP contribution >= 0.6 is 0 Å². The second-order valence-electron chi connectivity index (χ2n) is 10.7. The Morgan fingerprint density at radius 2 is 1.37 bits per heavy atom. The molecule has 4 rings (SSSR count). The Morgan fingerprint density at radius 1 is 0.789 bits per heavy atom. The number of allylic oxidation sites excluding steroid dienone is 2. The molecule has 0 radical (unpaired) electrons. The van der Waals surface area contributed by atoms with Gasteiger partial charge in [-0.1, -0.05) is 31.1 Å². The van der Waals surface area contributed by atoms with Crippen LogP contribution in [0.5, 0.6) is 5.75 Å². The molecular formula is C30H33F7O. The molecular weight excluding hydrogens is 509 g/mol. The minimum atomic E-state index is -4.44. The van der Waals surface area contributed by atoms with Gasteiger partial charge >= 0.3 is 6.11 Å². The number of benzene rings is 2. The van der Waals surface area contributed by atoms with Gasteiger partial charge in [-0.15, -0.1) is 0 Å². The maximum atomic E-state index is 15.0. The van der Waals surface area contributed by atoms with Gasteiger partial charge in [0, 0.05) is 12.1 Å². The quantitative estimate of drug-likeness (QED) is 0.183. The molecule has 8 heteroatoms. The second-order valence-corrected chi connectivity index (χ2v) is 10.7. The van der Waals surface area contributed by atoms with Crippen molar-refractivity contribution < 1.29 is 35.5 Å². The van der Waals surface area contributed by atoms with Crippen molar-refractivity contribution in [3.63, 3.8) is 0 Å². The standard InChI is InChI=1S/C30H33F7O/c1-2-3-4-5-18-6-8-19(9-7-18)20-10-12-21(13-11-20)23-14-15-24(28(34)27(23)33)30(36,37)38-22-16-25(31)29(35)26(32)17-22/h2-3,14-21H,4-13H2,1H3. The second kappa shape index (κ2) is 12.1. The van der Waals surface area contributed by atoms with Gasteiger partial charge in [-0.3, -0.25) is 0 Å². The van der Waals surface area contributed by atoms with Crippen LogP contribution in [-0.2, 0) is 6.11 Å². The van der Waals surface area contributed by atoms with Crippen molar-refractivity contribution in [3.8, 4) is 5.75 Å². The number of ether oxygens (including phenoxy) is 1. The lowest BCUT2D eigenvalue weighted by Crippen LogP contribution is -2.26. The number of rotatable bonds is 8. The van der Waals surface area contributed by atoms with Gasteiger partial charge in [0.1, 0.15) is 11.3 Å². The summed E-state index contributed by atoms with van der Waals surface area (Å²) < 4.78 is 103. The Morgan fingerprint density at radius 3 is 1.95 bits per heavy atom. The van der Waals surface area contributed by atoms with E-state index in [4.69, 9.17) is 0 Å². The van der Waals surface area contributed by atoms with Crippen LogP contribution in [0, 0.1) is 46.8 Å². The molecule has 0 bridgehead atoms. The van der Waals surface area contributed by atoms with Crippen LogP contribution in [0.4, 0.5) is 30.7 Å². The van der Waals surface area contributed by atoms with E-state index in [9.17, 15) is 30.7 Å². The molecule has 0 amide bonds. The number of hydrogen-bond acceptors (Lipinski definition) is 1. The average Bonchev–Trinajstić information content (AvgIpc) is 2.89. The molecule has 2 aliphatic rings. The Hall–Kier alpha value is -2.51. The van der Waals surface area contributed by atoms with Crippen molar-refractivity contribution in [1.82, 2.24) is 0 Å². The first-order chi connectivity index (χ1) is 18.1. The molecule has 0 heterocycles. The summed E-state index contributed by atoms with van der Waals surface area (Å²) in [6.45, 7) is 2.04. The molecule has 0 saturated heterocycles. The van der Waals surface area contributed by atoms with E-state index in [0.29, 0.717) is 24.7 Å². The molecule has 0 aromatic heterocycles. The third-order valence-electron chi connectivity index (χ3n) is 8.38. The Bertz CT molecular complexity index is 1110. The molecule has 38 heavy (non-hydrogen) atoms. The lowest BCUT2D eigenvalue weighted by molar-refractivity contribution is -0.188. The van der Waals surface area contributed by atoms with Crippen LogP contribution in [0.1, 0.15) is 88.2 Å². The predicted molar refractivity (Wildman–Crippen MR) is 131 cm³/mol. The fourth-order valence-corrected chi connectivity index (χ4v) is 6.25. The maximum Gasteiger partial charge on any atom is 0.429 e. The summed E-state index contributed by atoms with van der Waals surface area (Å²) in [7, 11) is 0. The van der Waals surface area contributed by atoms with Crippen molar-refractivity contribution in [3.05, 3.63) is 76.6 Å². The van der Waals surface area contributed by atoms with E-state index in [2.05, 4.69) is 16.9 Å². The van der Waals surface area contributed by atoms with Crippen molar-refractivity contribution in [2.75, 3.05) is 0 Å². The van der Waals surface area contributed by atoms with E-state index >= 15 is 0 Å². The van der Waals surface area contributed by atoms with E-state index in [1.54, 1.807) is 0 Å². The fraction of sp³-hybridized carbons (Fsp3) is 0.533. The smallest absolute Gasteiger partial charge is 0.429 e. The number of alkyl halides is 2. The predicted octanol–water partition coefficient (Wildman–Crippen LogP) is 9.95. The Balaban J connectivity index is 1.37. The van der Waals surface area contributed by atoms with Crippen molar-refractivity contribution in [2.45, 2.75) is 83.2 Å². The summed E-state index contributed by atoms with van der Waals surface area (Å²) in [6.07, 6.45) is 10.2. The highest BCUT2D eigenvalue weighted by Crippen LogP contribution is 2.46. The first-order valence-electron chi connectivity index (χ1n) is 13.4. The zero-order valence-corrected chi connectivity index (χ0v) is 21.4. The Kier molecular flexibility index (Phi) is 9.09. The lowest BCUT2D eigenvalue weighted by Gasteiger charge is -2.38. The van der Waals surface area contributed by atoms with Gasteiger partial charge in [-0.05, 0) is 93.6 Å². The van der Waals surface area contributed by atoms with E-state index in [1.807, 2.05) is 6.92 Å². The monoisotopic (exact) mass is 542 g/mol. The summed E-state index contributed by atoms with van der Waals surface area (Å²) in [6, 6.07) is 2.30. The highest BCUT2D eigenvalue weighted by molar-refractivity contribution is 5.33. The third kappa shape index (κ3) is 6.37. The highest BCUT2D eigenvalue weighted by atomic mass is 19.3. The van der Waals surface area contributed by atoms with Gasteiger partial charge in [0.15, 0.2) is 29.1 Å². The fourth-order valence-electron chi connectivity index (χ4n) is 6.25. The van der Waals surface area contributed by atoms with E-state index in [1.165, 1.54) is 32.1 Å². The highest BCUT2D eigenvalue weighted by Gasteiger charge is 2.41. The summed E-state index contributed by atoms with van der Waals surface area (Å²) >= 11 is 0. The summed E-state index contributed by atoms with van der Waals surface area (Å²) in [5.41, 5.74) is -1.35. The molecule has 0 aliphatic heterocycles. The lowest BCUT2D eigenvalue weighted by atomic mass is 9.68. The third-order valence-corrected chi connectivity index (χ3v) is 8.38. The normalized spacial score (nSPS) is 24.6. The number of hydrogen-bond donors (Lipinski definition) is 0. The maximum absolute atomic E-state index is 15.0. The van der Waals surface area contributed by atoms with Gasteiger partial charge in [0.2, 0.25) is 0 Å². The van der Waals surface area contributed by atoms with Crippen LogP contribution in [0.3, 0.4) is 0 Å². The largest absolute Gasteiger partial charge is 0.429 e. The molecule has 0 atom stereocenters. The summed E-state index contributed by atoms with van der Waals surface area (Å²) in [4.78, 5) is 0. The molecule has 0 N–H and O–H groups in total. The van der Waals surface area contributed by atoms with E-state index < -0.39 is 46.5 Å². The number of halogens is 7. The van der Waals surface area contributed by atoms with Gasteiger partial charge in [-0.25, -0.2) is 22.0 Å². The van der Waals surface area contributed by atoms with Crippen LogP contribution in [0.25, 0.3) is 0 Å². The van der Waals surface area contributed by atoms with Crippen LogP contribution in [-0.4, -0.2) is 0 Å². The molecule has 208 valence electrons. The molecule has 1 nitrogen and oxygen atoms in total. The molecule has 2 aliphatic carbocycles. The van der Waals surface area contributed by atoms with Crippen LogP contribution in [0.15, 0.2) is 36.4 Å². The molecule has 2 aromatic rings. The van der Waals surface area contributed by atoms with Crippen LogP contribution in [0.2, 0.25) is 0 Å². The summed E-state index contributed by atoms with van der Waals surface area (Å²) in [5.74, 6) is -7.85. The molecule has 2 saturated carbocycles. The minimum absolute atomic E-state index is 0.0482. The minimum Gasteiger partial charge on any atom is -0.429 e. The van der Waals surface area contributed by atoms with Gasteiger partial charge in [-0.2, -0.15) is 8.78 Å². The SMILES string of the molecule is CC=CCCC1CCC(C2CCC(c3ccc(C(F)(F)Oc4cc(F)c(F)c(F)c4)c(F)c3F)CC2)CC1. The zero-order valence-electron chi connectivity index (χ0n) is 21.4. The van der Waals surface area contributed by atoms with Gasteiger partial charge in [0.05, 0.1) is 0 Å². The van der Waals surface area contributed by atoms with Crippen molar-refractivity contribution in [2.24, 2.45) is 17.8 Å². The van der Waals surface area contributed by atoms with Crippen molar-refractivity contribution >= 4 is 0 Å². The topological polar surface area (TPSA) is 9.23 Å². The Labute approximate surface area is 219 Å². The van der Waals surface area contributed by atoms with E-state index in [-0.39, 0.29) is 23.6 Å². The molecule has 2 aromatic carbocycles. The molecule has 2 fully saturated rings. The molecule has 0 spiro atoms.